The summed E-state index contributed by atoms with van der Waals surface area (Å²) in [6.45, 7) is 3.65. The molecule has 0 radical (unpaired) electrons. The molecule has 3 aliphatic rings. The van der Waals surface area contributed by atoms with Gasteiger partial charge in [-0.3, -0.25) is 9.59 Å². The van der Waals surface area contributed by atoms with Crippen molar-refractivity contribution in [1.82, 2.24) is 5.32 Å². The molecule has 0 bridgehead atoms. The number of nitrogens with one attached hydrogen (secondary N) is 1. The molecule has 1 aromatic carbocycles. The second-order valence-electron chi connectivity index (χ2n) is 9.99. The molecule has 4 rings (SSSR count). The number of Topliss-reactive ketones (excluding diaryl/α,β-unsaturated/α-hetero) is 1. The van der Waals surface area contributed by atoms with Gasteiger partial charge in [-0.15, -0.1) is 0 Å². The lowest BCUT2D eigenvalue weighted by molar-refractivity contribution is -0.151. The molecule has 0 amide bonds. The molecule has 0 spiro atoms. The van der Waals surface area contributed by atoms with Crippen LogP contribution in [-0.2, 0) is 23.9 Å². The predicted molar refractivity (Wildman–Crippen MR) is 132 cm³/mol. The van der Waals surface area contributed by atoms with Crippen LogP contribution in [-0.4, -0.2) is 43.2 Å². The number of allylic oxidation sites excluding steroid dienone is 3. The molecule has 2 N–H and O–H groups in total. The Balaban J connectivity index is 1.80. The summed E-state index contributed by atoms with van der Waals surface area (Å²) in [5, 5.41) is 13.5. The molecule has 194 valence electrons. The molecule has 1 saturated carbocycles. The minimum absolute atomic E-state index is 0.0521. The van der Waals surface area contributed by atoms with Crippen LogP contribution >= 0.6 is 0 Å². The molecule has 2 aliphatic carbocycles. The number of benzene rings is 1. The van der Waals surface area contributed by atoms with E-state index in [9.17, 15) is 19.5 Å². The van der Waals surface area contributed by atoms with Crippen molar-refractivity contribution >= 4 is 17.7 Å². The fraction of sp³-hybridized carbons (Fsp3) is 0.536. The van der Waals surface area contributed by atoms with E-state index in [2.05, 4.69) is 5.32 Å². The minimum atomic E-state index is -0.963. The predicted octanol–water partition coefficient (Wildman–Crippen LogP) is 4.28. The first-order valence-electron chi connectivity index (χ1n) is 12.7. The quantitative estimate of drug-likeness (QED) is 0.352. The molecule has 0 saturated heterocycles. The maximum absolute atomic E-state index is 13.8. The van der Waals surface area contributed by atoms with E-state index in [4.69, 9.17) is 14.2 Å². The zero-order valence-electron chi connectivity index (χ0n) is 21.4. The van der Waals surface area contributed by atoms with Gasteiger partial charge in [0.05, 0.1) is 19.8 Å². The van der Waals surface area contributed by atoms with Crippen LogP contribution in [0, 0.1) is 11.8 Å². The highest BCUT2D eigenvalue weighted by molar-refractivity contribution is 6.12. The van der Waals surface area contributed by atoms with Crippen molar-refractivity contribution in [2.24, 2.45) is 11.8 Å². The van der Waals surface area contributed by atoms with Gasteiger partial charge in [-0.1, -0.05) is 25.8 Å². The highest BCUT2D eigenvalue weighted by Crippen LogP contribution is 2.47. The normalized spacial score (nSPS) is 25.0. The topological polar surface area (TPSA) is 111 Å². The van der Waals surface area contributed by atoms with Crippen molar-refractivity contribution in [3.05, 3.63) is 46.3 Å². The number of dihydropyridines is 1. The van der Waals surface area contributed by atoms with E-state index < -0.39 is 23.8 Å². The Labute approximate surface area is 211 Å². The fourth-order valence-electron chi connectivity index (χ4n) is 5.73. The largest absolute Gasteiger partial charge is 0.504 e. The maximum Gasteiger partial charge on any atom is 0.337 e. The van der Waals surface area contributed by atoms with Crippen LogP contribution in [0.25, 0.3) is 0 Å². The van der Waals surface area contributed by atoms with Crippen molar-refractivity contribution in [3.63, 3.8) is 0 Å². The van der Waals surface area contributed by atoms with E-state index in [1.165, 1.54) is 20.3 Å². The van der Waals surface area contributed by atoms with Crippen molar-refractivity contribution in [2.75, 3.05) is 14.2 Å². The van der Waals surface area contributed by atoms with Gasteiger partial charge in [-0.2, -0.15) is 0 Å². The lowest BCUT2D eigenvalue weighted by Gasteiger charge is -2.38. The van der Waals surface area contributed by atoms with E-state index in [-0.39, 0.29) is 29.3 Å². The lowest BCUT2D eigenvalue weighted by atomic mass is 9.69. The Morgan fingerprint density at radius 1 is 1.08 bits per heavy atom. The molecule has 3 unspecified atom stereocenters. The monoisotopic (exact) mass is 497 g/mol. The number of methoxy groups -OCH3 is 2. The van der Waals surface area contributed by atoms with Crippen LogP contribution in [0.15, 0.2) is 40.7 Å². The Kier molecular flexibility index (Phi) is 7.71. The number of hydrogen-bond acceptors (Lipinski definition) is 8. The van der Waals surface area contributed by atoms with Gasteiger partial charge in [0.1, 0.15) is 12.0 Å². The Morgan fingerprint density at radius 2 is 1.78 bits per heavy atom. The minimum Gasteiger partial charge on any atom is -0.504 e. The van der Waals surface area contributed by atoms with Gasteiger partial charge in [0.25, 0.3) is 0 Å². The third-order valence-electron chi connectivity index (χ3n) is 7.58. The van der Waals surface area contributed by atoms with Gasteiger partial charge in [0.2, 0.25) is 0 Å². The second kappa shape index (κ2) is 10.8. The highest BCUT2D eigenvalue weighted by Gasteiger charge is 2.47. The standard InChI is InChI=1S/C28H35NO7/c1-15-13-19-25(26(31)22(15)27(32)35-4)24(17-11-12-20(30)21(14-17)34-3)23(16(2)29-19)28(33)36-18-9-7-5-6-8-10-18/h11-12,14-15,18,22,24,29-30H,5-10,13H2,1-4H3. The van der Waals surface area contributed by atoms with Crippen LogP contribution in [0.3, 0.4) is 0 Å². The van der Waals surface area contributed by atoms with Gasteiger partial charge >= 0.3 is 11.9 Å². The van der Waals surface area contributed by atoms with Gasteiger partial charge in [0.15, 0.2) is 17.3 Å². The van der Waals surface area contributed by atoms with Gasteiger partial charge in [-0.25, -0.2) is 4.79 Å². The Hall–Kier alpha value is -3.29. The van der Waals surface area contributed by atoms with E-state index in [1.54, 1.807) is 19.1 Å². The molecule has 1 heterocycles. The third-order valence-corrected chi connectivity index (χ3v) is 7.58. The third kappa shape index (κ3) is 4.86. The SMILES string of the molecule is COC(=O)C1C(=O)C2=C(CC1C)NC(C)=C(C(=O)OC1CCCCCC1)C2c1ccc(O)c(OC)c1. The van der Waals surface area contributed by atoms with E-state index in [1.807, 2.05) is 6.92 Å². The first kappa shape index (κ1) is 25.8. The van der Waals surface area contributed by atoms with Gasteiger partial charge in [-0.05, 0) is 62.6 Å². The van der Waals surface area contributed by atoms with Crippen molar-refractivity contribution in [3.8, 4) is 11.5 Å². The molecule has 0 aromatic heterocycles. The highest BCUT2D eigenvalue weighted by atomic mass is 16.5. The van der Waals surface area contributed by atoms with Crippen LogP contribution in [0.5, 0.6) is 11.5 Å². The molecule has 1 aliphatic heterocycles. The number of esters is 2. The number of carbonyl (C=O) groups is 3. The molecule has 8 nitrogen and oxygen atoms in total. The van der Waals surface area contributed by atoms with Crippen LogP contribution in [0.2, 0.25) is 0 Å². The average molecular weight is 498 g/mol. The number of ketones is 1. The Morgan fingerprint density at radius 3 is 2.42 bits per heavy atom. The average Bonchev–Trinajstić information content (AvgIpc) is 3.11. The summed E-state index contributed by atoms with van der Waals surface area (Å²) in [5.74, 6) is -3.26. The molecule has 1 aromatic rings. The molecular formula is C28H35NO7. The summed E-state index contributed by atoms with van der Waals surface area (Å²) in [6.07, 6.45) is 6.20. The first-order valence-corrected chi connectivity index (χ1v) is 12.7. The molecular weight excluding hydrogens is 462 g/mol. The van der Waals surface area contributed by atoms with Gasteiger partial charge in [0, 0.05) is 22.9 Å². The number of aromatic hydroxyl groups is 1. The molecule has 1 fully saturated rings. The second-order valence-corrected chi connectivity index (χ2v) is 9.99. The maximum atomic E-state index is 13.8. The van der Waals surface area contributed by atoms with E-state index >= 15 is 0 Å². The zero-order valence-corrected chi connectivity index (χ0v) is 21.4. The van der Waals surface area contributed by atoms with Crippen LogP contribution in [0.1, 0.15) is 70.3 Å². The number of phenolic OH excluding ortho intramolecular Hbond substituents is 1. The summed E-state index contributed by atoms with van der Waals surface area (Å²) in [7, 11) is 2.71. The van der Waals surface area contributed by atoms with E-state index in [0.29, 0.717) is 34.5 Å². The Bertz CT molecular complexity index is 1110. The summed E-state index contributed by atoms with van der Waals surface area (Å²) in [4.78, 5) is 40.1. The number of carbonyl (C=O) groups excluding carboxylic acids is 3. The zero-order chi connectivity index (χ0) is 26.0. The van der Waals surface area contributed by atoms with Crippen molar-refractivity contribution in [2.45, 2.75) is 70.8 Å². The van der Waals surface area contributed by atoms with Crippen molar-refractivity contribution < 1.29 is 33.7 Å². The number of phenols is 1. The number of hydrogen-bond donors (Lipinski definition) is 2. The molecule has 36 heavy (non-hydrogen) atoms. The smallest absolute Gasteiger partial charge is 0.337 e. The fourth-order valence-corrected chi connectivity index (χ4v) is 5.73. The molecule has 3 atom stereocenters. The summed E-state index contributed by atoms with van der Waals surface area (Å²) in [5.41, 5.74) is 2.58. The number of ether oxygens (including phenoxy) is 3. The van der Waals surface area contributed by atoms with E-state index in [0.717, 1.165) is 38.5 Å². The summed E-state index contributed by atoms with van der Waals surface area (Å²) < 4.78 is 16.3. The van der Waals surface area contributed by atoms with Crippen molar-refractivity contribution in [1.29, 1.82) is 0 Å². The summed E-state index contributed by atoms with van der Waals surface area (Å²) >= 11 is 0. The lowest BCUT2D eigenvalue weighted by Crippen LogP contribution is -2.43. The molecule has 8 heteroatoms. The first-order chi connectivity index (χ1) is 17.3. The van der Waals surface area contributed by atoms with Crippen LogP contribution in [0.4, 0.5) is 0 Å². The van der Waals surface area contributed by atoms with Gasteiger partial charge < -0.3 is 24.6 Å². The summed E-state index contributed by atoms with van der Waals surface area (Å²) in [6, 6.07) is 4.78. The number of rotatable bonds is 5. The van der Waals surface area contributed by atoms with Crippen LogP contribution < -0.4 is 10.1 Å².